The van der Waals surface area contributed by atoms with Crippen molar-refractivity contribution in [2.24, 2.45) is 5.73 Å². The molecular formula is C9H12ClNO2. The lowest BCUT2D eigenvalue weighted by atomic mass is 10.0. The van der Waals surface area contributed by atoms with Gasteiger partial charge in [0.1, 0.15) is 0 Å². The van der Waals surface area contributed by atoms with Gasteiger partial charge in [0.25, 0.3) is 0 Å². The standard InChI is InChI=1S/C9H11NO2.ClH/c1-6(10)7-4-2-3-5-8(7)9(11)12;/h2-6H,10H2,1H3,(H,11,12);1H/t6-;/m0./s1. The summed E-state index contributed by atoms with van der Waals surface area (Å²) in [6.07, 6.45) is 0. The van der Waals surface area contributed by atoms with Gasteiger partial charge in [0.15, 0.2) is 0 Å². The first-order valence-electron chi connectivity index (χ1n) is 3.70. The van der Waals surface area contributed by atoms with E-state index < -0.39 is 5.97 Å². The molecule has 13 heavy (non-hydrogen) atoms. The van der Waals surface area contributed by atoms with Gasteiger partial charge < -0.3 is 10.8 Å². The number of carboxylic acids is 1. The van der Waals surface area contributed by atoms with Crippen LogP contribution in [-0.4, -0.2) is 11.1 Å². The van der Waals surface area contributed by atoms with E-state index in [1.54, 1.807) is 31.2 Å². The summed E-state index contributed by atoms with van der Waals surface area (Å²) in [5.41, 5.74) is 6.55. The Balaban J connectivity index is 0.00000144. The third-order valence-electron chi connectivity index (χ3n) is 1.68. The molecule has 1 rings (SSSR count). The average molecular weight is 202 g/mol. The van der Waals surface area contributed by atoms with Crippen LogP contribution in [0, 0.1) is 0 Å². The number of hydrogen-bond donors (Lipinski definition) is 2. The maximum Gasteiger partial charge on any atom is 0.336 e. The molecule has 0 bridgehead atoms. The predicted molar refractivity (Wildman–Crippen MR) is 53.3 cm³/mol. The number of rotatable bonds is 2. The second kappa shape index (κ2) is 4.84. The number of hydrogen-bond acceptors (Lipinski definition) is 2. The fourth-order valence-electron chi connectivity index (χ4n) is 1.09. The Hall–Kier alpha value is -1.06. The lowest BCUT2D eigenvalue weighted by Crippen LogP contribution is -2.11. The van der Waals surface area contributed by atoms with E-state index in [1.807, 2.05) is 0 Å². The van der Waals surface area contributed by atoms with E-state index in [9.17, 15) is 4.79 Å². The fraction of sp³-hybridized carbons (Fsp3) is 0.222. The van der Waals surface area contributed by atoms with Gasteiger partial charge in [-0.25, -0.2) is 4.79 Å². The van der Waals surface area contributed by atoms with Gasteiger partial charge in [-0.3, -0.25) is 0 Å². The highest BCUT2D eigenvalue weighted by molar-refractivity contribution is 5.89. The minimum atomic E-state index is -0.928. The van der Waals surface area contributed by atoms with Crippen LogP contribution in [0.1, 0.15) is 28.9 Å². The van der Waals surface area contributed by atoms with Crippen molar-refractivity contribution in [2.75, 3.05) is 0 Å². The van der Waals surface area contributed by atoms with Crippen molar-refractivity contribution >= 4 is 18.4 Å². The fourth-order valence-corrected chi connectivity index (χ4v) is 1.09. The molecule has 1 aromatic carbocycles. The lowest BCUT2D eigenvalue weighted by Gasteiger charge is -2.08. The van der Waals surface area contributed by atoms with Gasteiger partial charge in [0, 0.05) is 6.04 Å². The van der Waals surface area contributed by atoms with Crippen LogP contribution in [0.5, 0.6) is 0 Å². The van der Waals surface area contributed by atoms with Crippen LogP contribution < -0.4 is 5.73 Å². The summed E-state index contributed by atoms with van der Waals surface area (Å²) in [6.45, 7) is 1.77. The molecule has 0 radical (unpaired) electrons. The van der Waals surface area contributed by atoms with Crippen molar-refractivity contribution in [3.05, 3.63) is 35.4 Å². The molecule has 3 nitrogen and oxygen atoms in total. The molecule has 72 valence electrons. The van der Waals surface area contributed by atoms with E-state index in [4.69, 9.17) is 10.8 Å². The van der Waals surface area contributed by atoms with Crippen LogP contribution in [0.25, 0.3) is 0 Å². The summed E-state index contributed by atoms with van der Waals surface area (Å²) in [5.74, 6) is -0.928. The zero-order chi connectivity index (χ0) is 9.14. The van der Waals surface area contributed by atoms with E-state index in [1.165, 1.54) is 0 Å². The van der Waals surface area contributed by atoms with Gasteiger partial charge in [0.05, 0.1) is 5.56 Å². The third kappa shape index (κ3) is 2.72. The van der Waals surface area contributed by atoms with Gasteiger partial charge in [-0.05, 0) is 18.6 Å². The normalized spacial score (nSPS) is 11.5. The summed E-state index contributed by atoms with van der Waals surface area (Å²) >= 11 is 0. The minimum absolute atomic E-state index is 0. The summed E-state index contributed by atoms with van der Waals surface area (Å²) in [6, 6.07) is 6.52. The second-order valence-electron chi connectivity index (χ2n) is 2.68. The van der Waals surface area contributed by atoms with E-state index in [0.717, 1.165) is 0 Å². The Morgan fingerprint density at radius 1 is 1.46 bits per heavy atom. The number of aromatic carboxylic acids is 1. The maximum absolute atomic E-state index is 10.7. The summed E-state index contributed by atoms with van der Waals surface area (Å²) in [4.78, 5) is 10.7. The predicted octanol–water partition coefficient (Wildman–Crippen LogP) is 1.83. The summed E-state index contributed by atoms with van der Waals surface area (Å²) < 4.78 is 0. The lowest BCUT2D eigenvalue weighted by molar-refractivity contribution is 0.0695. The smallest absolute Gasteiger partial charge is 0.336 e. The van der Waals surface area contributed by atoms with Crippen molar-refractivity contribution in [2.45, 2.75) is 13.0 Å². The third-order valence-corrected chi connectivity index (χ3v) is 1.68. The van der Waals surface area contributed by atoms with Crippen molar-refractivity contribution < 1.29 is 9.90 Å². The molecule has 0 heterocycles. The Kier molecular flexibility index (Phi) is 4.45. The molecule has 0 spiro atoms. The van der Waals surface area contributed by atoms with Crippen molar-refractivity contribution in [1.82, 2.24) is 0 Å². The first kappa shape index (κ1) is 11.9. The quantitative estimate of drug-likeness (QED) is 0.768. The monoisotopic (exact) mass is 201 g/mol. The van der Waals surface area contributed by atoms with Crippen LogP contribution >= 0.6 is 12.4 Å². The van der Waals surface area contributed by atoms with E-state index >= 15 is 0 Å². The van der Waals surface area contributed by atoms with Crippen LogP contribution in [0.4, 0.5) is 0 Å². The highest BCUT2D eigenvalue weighted by Crippen LogP contribution is 2.14. The average Bonchev–Trinajstić information content (AvgIpc) is 2.04. The topological polar surface area (TPSA) is 63.3 Å². The molecule has 0 amide bonds. The largest absolute Gasteiger partial charge is 0.478 e. The molecule has 3 N–H and O–H groups in total. The number of benzene rings is 1. The number of halogens is 1. The van der Waals surface area contributed by atoms with E-state index in [-0.39, 0.29) is 24.0 Å². The van der Waals surface area contributed by atoms with Gasteiger partial charge in [-0.2, -0.15) is 0 Å². The van der Waals surface area contributed by atoms with Crippen LogP contribution in [0.15, 0.2) is 24.3 Å². The Labute approximate surface area is 83.0 Å². The van der Waals surface area contributed by atoms with E-state index in [0.29, 0.717) is 5.56 Å². The Morgan fingerprint density at radius 3 is 2.38 bits per heavy atom. The zero-order valence-corrected chi connectivity index (χ0v) is 8.04. The van der Waals surface area contributed by atoms with Crippen LogP contribution in [0.3, 0.4) is 0 Å². The first-order chi connectivity index (χ1) is 5.63. The molecule has 0 aromatic heterocycles. The van der Waals surface area contributed by atoms with Gasteiger partial charge >= 0.3 is 5.97 Å². The molecule has 0 unspecified atom stereocenters. The van der Waals surface area contributed by atoms with Crippen molar-refractivity contribution in [3.8, 4) is 0 Å². The number of carbonyl (C=O) groups is 1. The Bertz CT molecular complexity index is 299. The van der Waals surface area contributed by atoms with Gasteiger partial charge in [-0.1, -0.05) is 18.2 Å². The van der Waals surface area contributed by atoms with Gasteiger partial charge in [-0.15, -0.1) is 12.4 Å². The molecule has 1 atom stereocenters. The Morgan fingerprint density at radius 2 is 2.00 bits per heavy atom. The van der Waals surface area contributed by atoms with Crippen molar-refractivity contribution in [1.29, 1.82) is 0 Å². The van der Waals surface area contributed by atoms with E-state index in [2.05, 4.69) is 0 Å². The summed E-state index contributed by atoms with van der Waals surface area (Å²) in [7, 11) is 0. The minimum Gasteiger partial charge on any atom is -0.478 e. The van der Waals surface area contributed by atoms with Crippen molar-refractivity contribution in [3.63, 3.8) is 0 Å². The molecule has 0 aliphatic heterocycles. The zero-order valence-electron chi connectivity index (χ0n) is 7.23. The van der Waals surface area contributed by atoms with Crippen LogP contribution in [0.2, 0.25) is 0 Å². The molecule has 0 saturated carbocycles. The molecule has 0 saturated heterocycles. The molecule has 1 aromatic rings. The highest BCUT2D eigenvalue weighted by atomic mass is 35.5. The second-order valence-corrected chi connectivity index (χ2v) is 2.68. The summed E-state index contributed by atoms with van der Waals surface area (Å²) in [5, 5.41) is 8.76. The number of nitrogens with two attached hydrogens (primary N) is 1. The molecular weight excluding hydrogens is 190 g/mol. The molecule has 0 fully saturated rings. The molecule has 0 aliphatic rings. The highest BCUT2D eigenvalue weighted by Gasteiger charge is 2.10. The number of carboxylic acid groups (broad SMARTS) is 1. The SMILES string of the molecule is C[C@H](N)c1ccccc1C(=O)O.Cl. The maximum atomic E-state index is 10.7. The molecule has 4 heteroatoms. The van der Waals surface area contributed by atoms with Gasteiger partial charge in [0.2, 0.25) is 0 Å². The van der Waals surface area contributed by atoms with Crippen LogP contribution in [-0.2, 0) is 0 Å². The molecule has 0 aliphatic carbocycles. The first-order valence-corrected chi connectivity index (χ1v) is 3.70.